The third-order valence-electron chi connectivity index (χ3n) is 7.35. The van der Waals surface area contributed by atoms with Crippen LogP contribution in [0.1, 0.15) is 41.6 Å². The van der Waals surface area contributed by atoms with Gasteiger partial charge in [-0.1, -0.05) is 36.4 Å². The van der Waals surface area contributed by atoms with E-state index in [4.69, 9.17) is 10.5 Å². The zero-order valence-electron chi connectivity index (χ0n) is 20.5. The minimum atomic E-state index is -0.792. The highest BCUT2D eigenvalue weighted by Gasteiger charge is 2.26. The second-order valence-corrected chi connectivity index (χ2v) is 9.76. The van der Waals surface area contributed by atoms with Crippen molar-refractivity contribution in [3.05, 3.63) is 77.7 Å². The molecule has 0 radical (unpaired) electrons. The molecule has 3 heterocycles. The van der Waals surface area contributed by atoms with E-state index in [9.17, 15) is 9.18 Å². The lowest BCUT2D eigenvalue weighted by atomic mass is 10.0. The van der Waals surface area contributed by atoms with Gasteiger partial charge in [-0.25, -0.2) is 9.37 Å². The Bertz CT molecular complexity index is 1190. The van der Waals surface area contributed by atoms with Gasteiger partial charge in [0.05, 0.1) is 6.20 Å². The quantitative estimate of drug-likeness (QED) is 0.489. The minimum Gasteiger partial charge on any atom is -0.438 e. The van der Waals surface area contributed by atoms with Crippen LogP contribution in [0.3, 0.4) is 0 Å². The van der Waals surface area contributed by atoms with E-state index in [2.05, 4.69) is 39.0 Å². The molecule has 1 aromatic heterocycles. The van der Waals surface area contributed by atoms with E-state index < -0.39 is 11.7 Å². The molecule has 36 heavy (non-hydrogen) atoms. The maximum atomic E-state index is 13.5. The number of amides is 1. The van der Waals surface area contributed by atoms with Gasteiger partial charge in [0, 0.05) is 12.6 Å². The molecule has 3 aromatic rings. The van der Waals surface area contributed by atoms with Crippen molar-refractivity contribution in [2.45, 2.75) is 38.1 Å². The number of halogens is 1. The Kier molecular flexibility index (Phi) is 7.58. The molecule has 2 saturated heterocycles. The first-order valence-electron chi connectivity index (χ1n) is 12.8. The Morgan fingerprint density at radius 2 is 1.75 bits per heavy atom. The van der Waals surface area contributed by atoms with Crippen LogP contribution in [0, 0.1) is 5.82 Å². The standard InChI is InChI=1S/C29H33FN4O2/c30-24-19-27(28(31)35)29(32-20-24)36-26-5-3-4-23(18-26)22-8-6-21(7-9-22)10-15-33-16-11-25(12-17-33)34-13-1-2-14-34/h3-9,18-20,25H,1-2,10-17H2,(H2,31,35). The lowest BCUT2D eigenvalue weighted by molar-refractivity contribution is 0.0997. The van der Waals surface area contributed by atoms with Crippen molar-refractivity contribution in [1.82, 2.24) is 14.8 Å². The molecule has 188 valence electrons. The SMILES string of the molecule is NC(=O)c1cc(F)cnc1Oc1cccc(-c2ccc(CCN3CCC(N4CCCC4)CC3)cc2)c1. The van der Waals surface area contributed by atoms with Gasteiger partial charge >= 0.3 is 0 Å². The first-order valence-corrected chi connectivity index (χ1v) is 12.8. The van der Waals surface area contributed by atoms with Crippen molar-refractivity contribution in [2.75, 3.05) is 32.7 Å². The third-order valence-corrected chi connectivity index (χ3v) is 7.35. The van der Waals surface area contributed by atoms with E-state index in [-0.39, 0.29) is 11.4 Å². The second-order valence-electron chi connectivity index (χ2n) is 9.76. The first kappa shape index (κ1) is 24.4. The summed E-state index contributed by atoms with van der Waals surface area (Å²) in [6, 6.07) is 18.0. The number of pyridine rings is 1. The Balaban J connectivity index is 1.17. The predicted molar refractivity (Wildman–Crippen MR) is 139 cm³/mol. The lowest BCUT2D eigenvalue weighted by Crippen LogP contribution is -2.44. The summed E-state index contributed by atoms with van der Waals surface area (Å²) in [6.07, 6.45) is 7.38. The Hall–Kier alpha value is -3.29. The molecule has 5 rings (SSSR count). The summed E-state index contributed by atoms with van der Waals surface area (Å²) in [5, 5.41) is 0. The number of hydrogen-bond acceptors (Lipinski definition) is 5. The first-order chi connectivity index (χ1) is 17.5. The average Bonchev–Trinajstić information content (AvgIpc) is 3.44. The molecule has 0 bridgehead atoms. The average molecular weight is 489 g/mol. The van der Waals surface area contributed by atoms with Gasteiger partial charge in [0.2, 0.25) is 5.88 Å². The van der Waals surface area contributed by atoms with Crippen LogP contribution >= 0.6 is 0 Å². The van der Waals surface area contributed by atoms with Crippen molar-refractivity contribution in [3.8, 4) is 22.8 Å². The fourth-order valence-electron chi connectivity index (χ4n) is 5.30. The monoisotopic (exact) mass is 488 g/mol. The zero-order chi connectivity index (χ0) is 24.9. The molecule has 0 spiro atoms. The number of likely N-dealkylation sites (tertiary alicyclic amines) is 2. The Labute approximate surface area is 211 Å². The molecule has 0 unspecified atom stereocenters. The Morgan fingerprint density at radius 3 is 2.47 bits per heavy atom. The largest absolute Gasteiger partial charge is 0.438 e. The van der Waals surface area contributed by atoms with Crippen molar-refractivity contribution in [1.29, 1.82) is 0 Å². The number of carbonyl (C=O) groups is 1. The lowest BCUT2D eigenvalue weighted by Gasteiger charge is -2.36. The summed E-state index contributed by atoms with van der Waals surface area (Å²) >= 11 is 0. The van der Waals surface area contributed by atoms with E-state index in [0.29, 0.717) is 5.75 Å². The fraction of sp³-hybridized carbons (Fsp3) is 0.379. The van der Waals surface area contributed by atoms with Crippen LogP contribution in [0.15, 0.2) is 60.8 Å². The summed E-state index contributed by atoms with van der Waals surface area (Å²) in [5.74, 6) is -0.951. The highest BCUT2D eigenvalue weighted by atomic mass is 19.1. The van der Waals surface area contributed by atoms with Crippen molar-refractivity contribution in [2.24, 2.45) is 5.73 Å². The number of aromatic nitrogens is 1. The van der Waals surface area contributed by atoms with E-state index in [1.165, 1.54) is 57.4 Å². The molecule has 0 aliphatic carbocycles. The Morgan fingerprint density at radius 1 is 1.00 bits per heavy atom. The molecule has 7 heteroatoms. The number of benzene rings is 2. The van der Waals surface area contributed by atoms with Gasteiger partial charge in [-0.3, -0.25) is 4.79 Å². The summed E-state index contributed by atoms with van der Waals surface area (Å²) in [4.78, 5) is 20.8. The summed E-state index contributed by atoms with van der Waals surface area (Å²) in [5.41, 5.74) is 8.63. The smallest absolute Gasteiger partial charge is 0.254 e. The molecular formula is C29H33FN4O2. The molecule has 2 aliphatic heterocycles. The number of nitrogens with two attached hydrogens (primary N) is 1. The third kappa shape index (κ3) is 5.91. The second kappa shape index (κ2) is 11.2. The number of nitrogens with zero attached hydrogens (tertiary/aromatic N) is 3. The number of carbonyl (C=O) groups excluding carboxylic acids is 1. The molecule has 1 amide bonds. The number of primary amides is 1. The van der Waals surface area contributed by atoms with E-state index >= 15 is 0 Å². The molecule has 0 saturated carbocycles. The fourth-order valence-corrected chi connectivity index (χ4v) is 5.30. The van der Waals surface area contributed by atoms with E-state index in [1.54, 1.807) is 6.07 Å². The van der Waals surface area contributed by atoms with Crippen molar-refractivity contribution >= 4 is 5.91 Å². The van der Waals surface area contributed by atoms with Gasteiger partial charge in [0.15, 0.2) is 0 Å². The number of rotatable bonds is 8. The number of ether oxygens (including phenoxy) is 1. The molecule has 0 atom stereocenters. The highest BCUT2D eigenvalue weighted by molar-refractivity contribution is 5.95. The minimum absolute atomic E-state index is 0.0131. The molecule has 2 fully saturated rings. The maximum absolute atomic E-state index is 13.5. The van der Waals surface area contributed by atoms with Crippen LogP contribution in [-0.4, -0.2) is 59.5 Å². The molecule has 6 nitrogen and oxygen atoms in total. The predicted octanol–water partition coefficient (Wildman–Crippen LogP) is 4.88. The van der Waals surface area contributed by atoms with E-state index in [1.807, 2.05) is 18.2 Å². The van der Waals surface area contributed by atoms with Crippen molar-refractivity contribution < 1.29 is 13.9 Å². The van der Waals surface area contributed by atoms with Crippen LogP contribution in [-0.2, 0) is 6.42 Å². The normalized spacial score (nSPS) is 17.4. The molecular weight excluding hydrogens is 455 g/mol. The topological polar surface area (TPSA) is 71.7 Å². The van der Waals surface area contributed by atoms with E-state index in [0.717, 1.165) is 42.4 Å². The van der Waals surface area contributed by atoms with Gasteiger partial charge in [-0.2, -0.15) is 0 Å². The van der Waals surface area contributed by atoms with Crippen LogP contribution in [0.5, 0.6) is 11.6 Å². The number of piperidine rings is 1. The van der Waals surface area contributed by atoms with Crippen LogP contribution in [0.25, 0.3) is 11.1 Å². The summed E-state index contributed by atoms with van der Waals surface area (Å²) < 4.78 is 19.2. The maximum Gasteiger partial charge on any atom is 0.254 e. The van der Waals surface area contributed by atoms with Crippen molar-refractivity contribution in [3.63, 3.8) is 0 Å². The summed E-state index contributed by atoms with van der Waals surface area (Å²) in [7, 11) is 0. The van der Waals surface area contributed by atoms with Gasteiger partial charge in [-0.15, -0.1) is 0 Å². The molecule has 2 aromatic carbocycles. The zero-order valence-corrected chi connectivity index (χ0v) is 20.5. The van der Waals surface area contributed by atoms with Gasteiger partial charge < -0.3 is 20.3 Å². The highest BCUT2D eigenvalue weighted by Crippen LogP contribution is 2.29. The van der Waals surface area contributed by atoms with Crippen LogP contribution in [0.2, 0.25) is 0 Å². The summed E-state index contributed by atoms with van der Waals surface area (Å²) in [6.45, 7) is 6.09. The van der Waals surface area contributed by atoms with Gasteiger partial charge in [-0.05, 0) is 93.2 Å². The van der Waals surface area contributed by atoms with Gasteiger partial charge in [0.1, 0.15) is 17.1 Å². The van der Waals surface area contributed by atoms with Gasteiger partial charge in [0.25, 0.3) is 5.91 Å². The van der Waals surface area contributed by atoms with Crippen LogP contribution < -0.4 is 10.5 Å². The molecule has 2 N–H and O–H groups in total. The number of hydrogen-bond donors (Lipinski definition) is 1. The molecule has 2 aliphatic rings. The van der Waals surface area contributed by atoms with Crippen LogP contribution in [0.4, 0.5) is 4.39 Å².